The van der Waals surface area contributed by atoms with Crippen LogP contribution < -0.4 is 0 Å². The van der Waals surface area contributed by atoms with Crippen molar-refractivity contribution < 1.29 is 129 Å². The molecule has 1 spiro atoms. The fraction of sp³-hybridized carbons (Fsp3) is 0.982. The summed E-state index contributed by atoms with van der Waals surface area (Å²) in [4.78, 5) is 14.9. The second-order valence-electron chi connectivity index (χ2n) is 26.6. The van der Waals surface area contributed by atoms with Crippen LogP contribution >= 0.6 is 0 Å². The van der Waals surface area contributed by atoms with Crippen molar-refractivity contribution in [2.45, 2.75) is 250 Å². The number of ether oxygens (including phenoxy) is 10. The average molecular weight is 1170 g/mol. The van der Waals surface area contributed by atoms with Crippen LogP contribution in [0.4, 0.5) is 0 Å². The average Bonchev–Trinajstić information content (AvgIpc) is 4.17. The molecule has 7 heterocycles. The van der Waals surface area contributed by atoms with E-state index < -0.39 is 184 Å². The van der Waals surface area contributed by atoms with Crippen molar-refractivity contribution in [2.24, 2.45) is 52.3 Å². The van der Waals surface area contributed by atoms with Gasteiger partial charge in [-0.3, -0.25) is 4.79 Å². The van der Waals surface area contributed by atoms with E-state index in [1.54, 1.807) is 0 Å². The van der Waals surface area contributed by atoms with E-state index in [9.17, 15) is 81.4 Å². The number of fused-ring (bicyclic) bond motifs is 7. The number of ketones is 1. The minimum Gasteiger partial charge on any atom is -0.394 e. The van der Waals surface area contributed by atoms with Crippen molar-refractivity contribution in [2.75, 3.05) is 33.0 Å². The van der Waals surface area contributed by atoms with Gasteiger partial charge in [0.25, 0.3) is 0 Å². The van der Waals surface area contributed by atoms with Gasteiger partial charge in [0, 0.05) is 30.1 Å². The van der Waals surface area contributed by atoms with Crippen molar-refractivity contribution in [3.8, 4) is 0 Å². The Morgan fingerprint density at radius 1 is 0.605 bits per heavy atom. The van der Waals surface area contributed by atoms with Crippen molar-refractivity contribution in [1.82, 2.24) is 0 Å². The molecule has 0 aromatic rings. The van der Waals surface area contributed by atoms with Crippen LogP contribution in [0, 0.1) is 52.3 Å². The second kappa shape index (κ2) is 22.4. The third kappa shape index (κ3) is 9.41. The highest BCUT2D eigenvalue weighted by Gasteiger charge is 2.77. The van der Waals surface area contributed by atoms with Crippen LogP contribution in [0.25, 0.3) is 0 Å². The number of aliphatic hydroxyl groups excluding tert-OH is 13. The van der Waals surface area contributed by atoms with Crippen molar-refractivity contribution in [1.29, 1.82) is 0 Å². The first-order valence-corrected chi connectivity index (χ1v) is 29.4. The molecule has 15 N–H and O–H groups in total. The highest BCUT2D eigenvalue weighted by atomic mass is 16.8. The number of hydrogen-bond donors (Lipinski definition) is 15. The van der Waals surface area contributed by atoms with E-state index in [1.165, 1.54) is 6.92 Å². The summed E-state index contributed by atoms with van der Waals surface area (Å²) in [6.07, 6.45) is -36.4. The van der Waals surface area contributed by atoms with E-state index in [2.05, 4.69) is 27.7 Å². The van der Waals surface area contributed by atoms with E-state index in [0.717, 1.165) is 32.1 Å². The third-order valence-corrected chi connectivity index (χ3v) is 22.4. The van der Waals surface area contributed by atoms with E-state index in [1.807, 2.05) is 0 Å². The van der Waals surface area contributed by atoms with Gasteiger partial charge >= 0.3 is 0 Å². The molecule has 4 aliphatic carbocycles. The summed E-state index contributed by atoms with van der Waals surface area (Å²) in [6.45, 7) is 7.03. The molecule has 26 heteroatoms. The molecule has 7 aliphatic heterocycles. The maximum atomic E-state index is 14.9. The van der Waals surface area contributed by atoms with E-state index in [0.29, 0.717) is 38.2 Å². The van der Waals surface area contributed by atoms with Crippen LogP contribution in [0.3, 0.4) is 0 Å². The molecule has 11 rings (SSSR count). The highest BCUT2D eigenvalue weighted by molar-refractivity contribution is 5.87. The smallest absolute Gasteiger partial charge is 0.193 e. The Kier molecular flexibility index (Phi) is 16.9. The lowest BCUT2D eigenvalue weighted by molar-refractivity contribution is -0.446. The number of aliphatic hydroxyl groups is 15. The van der Waals surface area contributed by atoms with Crippen LogP contribution in [0.2, 0.25) is 0 Å². The number of Topliss-reactive ketones (excluding diaryl/α,β-unsaturated/α-hetero) is 1. The van der Waals surface area contributed by atoms with Crippen LogP contribution in [0.1, 0.15) is 92.4 Å². The second-order valence-corrected chi connectivity index (χ2v) is 26.6. The quantitative estimate of drug-likeness (QED) is 0.0913. The normalized spacial score (nSPS) is 59.4. The zero-order chi connectivity index (χ0) is 58.4. The minimum absolute atomic E-state index is 0.0539. The summed E-state index contributed by atoms with van der Waals surface area (Å²) < 4.78 is 62.1. The SMILES string of the molecule is C[C@H]1CC[C@@]2(OC1)O[C@H]1C[C@H]3[C@@H]4CC[C@H]5C[C@@H](O[C@@H]6O[C@H](CO)[C@H](O[C@@H]7O[C@H](CO)[C@@H](O)[C@@](O)([C@@H]8OC[C@@H](O)[C@H](O)[C@H]8O)[C@]7(O)[C@@H]7OC[C@@H](O)[C@H](O)[C@H]7O)[C@H](O)[C@H]6O[C@@H]6O[C@@H](C)[C@H](O)[C@@H](O)[C@H]6O)CC[C@]5(C)[C@H]4CC(=O)[C@]3(C)[C@H]1[C@@H]2C. The highest BCUT2D eigenvalue weighted by Crippen LogP contribution is 2.70. The van der Waals surface area contributed by atoms with Crippen molar-refractivity contribution >= 4 is 5.78 Å². The minimum atomic E-state index is -3.57. The predicted molar refractivity (Wildman–Crippen MR) is 268 cm³/mol. The van der Waals surface area contributed by atoms with Crippen LogP contribution in [-0.2, 0) is 52.2 Å². The fourth-order valence-corrected chi connectivity index (χ4v) is 17.6. The standard InChI is InChI=1S/C55H88O26/c1-20-8-11-53(74-17-20)21(2)34-30(81-53)13-27-25-7-6-23-12-24(9-10-51(23,4)26(25)14-33(60)52(27,34)5)76-49-44(79-48-41(67)38(64)35(61)22(3)75-48)42(68)43(31(15-56)77-49)80-50-55(71,47-40(66)37(63)29(59)19-73-47)54(70,45(69)32(16-57)78-50)46-39(65)36(62)28(58)18-72-46/h20-32,34-50,56-59,61-71H,6-19H2,1-5H3/t20-,21-,22-,23-,24-,25+,26-,27-,28+,29+,30-,31+,32+,34-,35-,36-,37-,38+,39+,40+,41+,42-,43-,44+,45+,46+,47+,48-,49+,50-,51-,52+,53+,54+,55-/m0/s1. The summed E-state index contributed by atoms with van der Waals surface area (Å²) in [6, 6.07) is 0. The maximum Gasteiger partial charge on any atom is 0.193 e. The molecule has 0 amide bonds. The lowest BCUT2D eigenvalue weighted by Crippen LogP contribution is -2.87. The van der Waals surface area contributed by atoms with Gasteiger partial charge in [-0.05, 0) is 86.9 Å². The Morgan fingerprint density at radius 2 is 1.26 bits per heavy atom. The van der Waals surface area contributed by atoms with Gasteiger partial charge in [-0.1, -0.05) is 27.7 Å². The maximum absolute atomic E-state index is 14.9. The summed E-state index contributed by atoms with van der Waals surface area (Å²) in [5.74, 6) is 0.765. The molecular formula is C55H88O26. The molecule has 11 aliphatic rings. The van der Waals surface area contributed by atoms with Gasteiger partial charge in [0.15, 0.2) is 35.9 Å². The first-order chi connectivity index (χ1) is 38.2. The Bertz CT molecular complexity index is 2230. The zero-order valence-corrected chi connectivity index (χ0v) is 46.4. The molecule has 81 heavy (non-hydrogen) atoms. The van der Waals surface area contributed by atoms with Gasteiger partial charge in [-0.15, -0.1) is 0 Å². The first-order valence-electron chi connectivity index (χ1n) is 29.4. The summed E-state index contributed by atoms with van der Waals surface area (Å²) in [5, 5.41) is 170. The summed E-state index contributed by atoms with van der Waals surface area (Å²) >= 11 is 0. The Morgan fingerprint density at radius 3 is 1.89 bits per heavy atom. The van der Waals surface area contributed by atoms with Gasteiger partial charge < -0.3 is 124 Å². The first kappa shape index (κ1) is 61.3. The number of carbonyl (C=O) groups excluding carboxylic acids is 1. The van der Waals surface area contributed by atoms with E-state index in [-0.39, 0.29) is 52.8 Å². The number of hydrogen-bond acceptors (Lipinski definition) is 26. The van der Waals surface area contributed by atoms with Gasteiger partial charge in [-0.25, -0.2) is 0 Å². The molecule has 7 saturated heterocycles. The Labute approximate surface area is 469 Å². The lowest BCUT2D eigenvalue weighted by Gasteiger charge is -2.62. The largest absolute Gasteiger partial charge is 0.394 e. The zero-order valence-electron chi connectivity index (χ0n) is 46.4. The molecule has 0 radical (unpaired) electrons. The molecule has 26 nitrogen and oxygen atoms in total. The number of rotatable bonds is 10. The molecule has 35 atom stereocenters. The van der Waals surface area contributed by atoms with Gasteiger partial charge in [0.2, 0.25) is 0 Å². The van der Waals surface area contributed by atoms with Gasteiger partial charge in [0.1, 0.15) is 110 Å². The van der Waals surface area contributed by atoms with E-state index >= 15 is 0 Å². The summed E-state index contributed by atoms with van der Waals surface area (Å²) in [5.41, 5.74) is -7.91. The molecule has 0 bridgehead atoms. The summed E-state index contributed by atoms with van der Waals surface area (Å²) in [7, 11) is 0. The molecule has 11 fully saturated rings. The molecule has 0 aromatic carbocycles. The van der Waals surface area contributed by atoms with Crippen LogP contribution in [0.15, 0.2) is 0 Å². The van der Waals surface area contributed by atoms with Gasteiger partial charge in [-0.2, -0.15) is 0 Å². The topological polar surface area (TPSA) is 413 Å². The van der Waals surface area contributed by atoms with Gasteiger partial charge in [0.05, 0.1) is 51.3 Å². The molecule has 0 unspecified atom stereocenters. The van der Waals surface area contributed by atoms with Crippen molar-refractivity contribution in [3.63, 3.8) is 0 Å². The monoisotopic (exact) mass is 1160 g/mol. The number of carbonyl (C=O) groups is 1. The Hall–Kier alpha value is -1.33. The van der Waals surface area contributed by atoms with Crippen LogP contribution in [-0.4, -0.2) is 273 Å². The molecule has 0 aromatic heterocycles. The predicted octanol–water partition coefficient (Wildman–Crippen LogP) is -4.82. The van der Waals surface area contributed by atoms with E-state index in [4.69, 9.17) is 47.4 Å². The molecule has 4 saturated carbocycles. The van der Waals surface area contributed by atoms with Crippen molar-refractivity contribution in [3.05, 3.63) is 0 Å². The van der Waals surface area contributed by atoms with Crippen LogP contribution in [0.5, 0.6) is 0 Å². The lowest BCUT2D eigenvalue weighted by atomic mass is 9.44. The Balaban J connectivity index is 0.867. The molecule has 464 valence electrons. The fourth-order valence-electron chi connectivity index (χ4n) is 17.6. The molecular weight excluding hydrogens is 1080 g/mol. The third-order valence-electron chi connectivity index (χ3n) is 22.4.